The first-order valence-electron chi connectivity index (χ1n) is 6.86. The van der Waals surface area contributed by atoms with Crippen molar-refractivity contribution in [3.8, 4) is 5.75 Å². The average molecular weight is 266 g/mol. The number of benzene rings is 2. The third-order valence-electron chi connectivity index (χ3n) is 3.32. The quantitative estimate of drug-likeness (QED) is 0.780. The van der Waals surface area contributed by atoms with Crippen LogP contribution in [-0.4, -0.2) is 16.6 Å². The number of para-hydroxylation sites is 1. The van der Waals surface area contributed by atoms with E-state index in [0.29, 0.717) is 6.61 Å². The average Bonchev–Trinajstić information content (AvgIpc) is 2.83. The number of aromatic amines is 1. The summed E-state index contributed by atoms with van der Waals surface area (Å²) in [6.07, 6.45) is 0.780. The molecule has 0 atom stereocenters. The molecule has 0 aliphatic rings. The molecule has 0 saturated heterocycles. The van der Waals surface area contributed by atoms with Crippen LogP contribution in [0.5, 0.6) is 5.75 Å². The molecule has 102 valence electrons. The first-order chi connectivity index (χ1) is 9.72. The van der Waals surface area contributed by atoms with Gasteiger partial charge in [-0.2, -0.15) is 0 Å². The summed E-state index contributed by atoms with van der Waals surface area (Å²) in [5, 5.41) is 0. The Kier molecular flexibility index (Phi) is 3.42. The van der Waals surface area contributed by atoms with Gasteiger partial charge in [0.2, 0.25) is 0 Å². The zero-order valence-electron chi connectivity index (χ0n) is 11.8. The second-order valence-electron chi connectivity index (χ2n) is 5.07. The molecule has 0 spiro atoms. The predicted molar refractivity (Wildman–Crippen MR) is 81.2 cm³/mol. The smallest absolute Gasteiger partial charge is 0.119 e. The Bertz CT molecular complexity index is 716. The molecule has 3 heteroatoms. The summed E-state index contributed by atoms with van der Waals surface area (Å²) in [6.45, 7) is 4.83. The molecule has 0 saturated carbocycles. The molecule has 0 radical (unpaired) electrons. The van der Waals surface area contributed by atoms with E-state index in [0.717, 1.165) is 29.0 Å². The molecule has 0 unspecified atom stereocenters. The van der Waals surface area contributed by atoms with E-state index in [-0.39, 0.29) is 0 Å². The number of ether oxygens (including phenoxy) is 1. The standard InChI is InChI=1S/C17H18N2O/c1-12-10-13(2)17-15(11-12)18-16(19-17)8-9-20-14-6-4-3-5-7-14/h3-7,10-11H,8-9H2,1-2H3,(H,18,19). The van der Waals surface area contributed by atoms with E-state index in [9.17, 15) is 0 Å². The molecule has 20 heavy (non-hydrogen) atoms. The van der Waals surface area contributed by atoms with Crippen molar-refractivity contribution in [1.29, 1.82) is 0 Å². The van der Waals surface area contributed by atoms with Crippen LogP contribution >= 0.6 is 0 Å². The monoisotopic (exact) mass is 266 g/mol. The van der Waals surface area contributed by atoms with Crippen LogP contribution in [0.4, 0.5) is 0 Å². The third kappa shape index (κ3) is 2.67. The minimum absolute atomic E-state index is 0.627. The fraction of sp³-hybridized carbons (Fsp3) is 0.235. The summed E-state index contributed by atoms with van der Waals surface area (Å²) >= 11 is 0. The molecule has 0 amide bonds. The Morgan fingerprint density at radius 1 is 1.10 bits per heavy atom. The van der Waals surface area contributed by atoms with Gasteiger partial charge in [-0.05, 0) is 43.2 Å². The second-order valence-corrected chi connectivity index (χ2v) is 5.07. The fourth-order valence-corrected chi connectivity index (χ4v) is 2.42. The summed E-state index contributed by atoms with van der Waals surface area (Å²) in [7, 11) is 0. The maximum Gasteiger partial charge on any atom is 0.119 e. The number of aryl methyl sites for hydroxylation is 2. The highest BCUT2D eigenvalue weighted by Gasteiger charge is 2.06. The van der Waals surface area contributed by atoms with Gasteiger partial charge in [0.15, 0.2) is 0 Å². The van der Waals surface area contributed by atoms with Crippen molar-refractivity contribution in [2.45, 2.75) is 20.3 Å². The molecular weight excluding hydrogens is 248 g/mol. The summed E-state index contributed by atoms with van der Waals surface area (Å²) in [5.74, 6) is 1.88. The van der Waals surface area contributed by atoms with Crippen LogP contribution in [0.15, 0.2) is 42.5 Å². The van der Waals surface area contributed by atoms with E-state index in [1.165, 1.54) is 11.1 Å². The number of nitrogens with zero attached hydrogens (tertiary/aromatic N) is 1. The lowest BCUT2D eigenvalue weighted by molar-refractivity contribution is 0.319. The third-order valence-corrected chi connectivity index (χ3v) is 3.32. The Labute approximate surface area is 118 Å². The Hall–Kier alpha value is -2.29. The van der Waals surface area contributed by atoms with E-state index in [4.69, 9.17) is 4.74 Å². The van der Waals surface area contributed by atoms with Gasteiger partial charge in [-0.1, -0.05) is 24.3 Å². The Morgan fingerprint density at radius 2 is 1.90 bits per heavy atom. The van der Waals surface area contributed by atoms with Crippen molar-refractivity contribution in [3.05, 3.63) is 59.4 Å². The second kappa shape index (κ2) is 5.37. The number of imidazole rings is 1. The number of aromatic nitrogens is 2. The van der Waals surface area contributed by atoms with Gasteiger partial charge in [0.1, 0.15) is 11.6 Å². The topological polar surface area (TPSA) is 37.9 Å². The van der Waals surface area contributed by atoms with Crippen LogP contribution in [0.3, 0.4) is 0 Å². The lowest BCUT2D eigenvalue weighted by Gasteiger charge is -2.03. The van der Waals surface area contributed by atoms with Crippen LogP contribution in [0.2, 0.25) is 0 Å². The molecule has 3 aromatic rings. The first kappa shape index (κ1) is 12.7. The van der Waals surface area contributed by atoms with Crippen LogP contribution in [0.1, 0.15) is 17.0 Å². The summed E-state index contributed by atoms with van der Waals surface area (Å²) in [4.78, 5) is 8.02. The van der Waals surface area contributed by atoms with Gasteiger partial charge in [-0.15, -0.1) is 0 Å². The molecule has 2 aromatic carbocycles. The van der Waals surface area contributed by atoms with Gasteiger partial charge in [-0.25, -0.2) is 4.98 Å². The molecular formula is C17H18N2O. The number of hydrogen-bond donors (Lipinski definition) is 1. The van der Waals surface area contributed by atoms with Crippen LogP contribution in [0.25, 0.3) is 11.0 Å². The molecule has 1 N–H and O–H groups in total. The summed E-state index contributed by atoms with van der Waals surface area (Å²) < 4.78 is 5.70. The Balaban J connectivity index is 1.70. The van der Waals surface area contributed by atoms with Gasteiger partial charge < -0.3 is 9.72 Å². The van der Waals surface area contributed by atoms with E-state index >= 15 is 0 Å². The van der Waals surface area contributed by atoms with Crippen molar-refractivity contribution < 1.29 is 4.74 Å². The van der Waals surface area contributed by atoms with Crippen molar-refractivity contribution in [2.75, 3.05) is 6.61 Å². The molecule has 3 rings (SSSR count). The van der Waals surface area contributed by atoms with Gasteiger partial charge in [0, 0.05) is 6.42 Å². The maximum absolute atomic E-state index is 5.70. The molecule has 1 heterocycles. The number of fused-ring (bicyclic) bond motifs is 1. The van der Waals surface area contributed by atoms with Gasteiger partial charge in [-0.3, -0.25) is 0 Å². The van der Waals surface area contributed by atoms with E-state index < -0.39 is 0 Å². The maximum atomic E-state index is 5.70. The van der Waals surface area contributed by atoms with Crippen molar-refractivity contribution in [3.63, 3.8) is 0 Å². The predicted octanol–water partition coefficient (Wildman–Crippen LogP) is 3.80. The van der Waals surface area contributed by atoms with Crippen molar-refractivity contribution in [1.82, 2.24) is 9.97 Å². The fourth-order valence-electron chi connectivity index (χ4n) is 2.42. The number of hydrogen-bond acceptors (Lipinski definition) is 2. The molecule has 1 aromatic heterocycles. The molecule has 0 aliphatic heterocycles. The van der Waals surface area contributed by atoms with E-state index in [1.807, 2.05) is 30.3 Å². The molecule has 0 fully saturated rings. The van der Waals surface area contributed by atoms with E-state index in [2.05, 4.69) is 35.9 Å². The summed E-state index contributed by atoms with van der Waals surface area (Å²) in [5.41, 5.74) is 4.64. The van der Waals surface area contributed by atoms with E-state index in [1.54, 1.807) is 0 Å². The SMILES string of the molecule is Cc1cc(C)c2nc(CCOc3ccccc3)[nH]c2c1. The normalized spacial score (nSPS) is 10.9. The van der Waals surface area contributed by atoms with Gasteiger partial charge in [0.25, 0.3) is 0 Å². The lowest BCUT2D eigenvalue weighted by atomic mass is 10.1. The molecule has 0 aliphatic carbocycles. The minimum Gasteiger partial charge on any atom is -0.493 e. The van der Waals surface area contributed by atoms with Crippen LogP contribution < -0.4 is 4.74 Å². The highest BCUT2D eigenvalue weighted by Crippen LogP contribution is 2.18. The van der Waals surface area contributed by atoms with Gasteiger partial charge >= 0.3 is 0 Å². The number of H-pyrrole nitrogens is 1. The lowest BCUT2D eigenvalue weighted by Crippen LogP contribution is -2.02. The van der Waals surface area contributed by atoms with Gasteiger partial charge in [0.05, 0.1) is 17.6 Å². The zero-order valence-corrected chi connectivity index (χ0v) is 11.8. The number of rotatable bonds is 4. The number of nitrogens with one attached hydrogen (secondary N) is 1. The zero-order chi connectivity index (χ0) is 13.9. The summed E-state index contributed by atoms with van der Waals surface area (Å²) in [6, 6.07) is 14.2. The molecule has 0 bridgehead atoms. The Morgan fingerprint density at radius 3 is 2.70 bits per heavy atom. The van der Waals surface area contributed by atoms with Crippen molar-refractivity contribution in [2.24, 2.45) is 0 Å². The first-order valence-corrected chi connectivity index (χ1v) is 6.86. The van der Waals surface area contributed by atoms with Crippen LogP contribution in [-0.2, 0) is 6.42 Å². The van der Waals surface area contributed by atoms with Crippen LogP contribution in [0, 0.1) is 13.8 Å². The minimum atomic E-state index is 0.627. The van der Waals surface area contributed by atoms with Crippen molar-refractivity contribution >= 4 is 11.0 Å². The molecule has 3 nitrogen and oxygen atoms in total. The highest BCUT2D eigenvalue weighted by atomic mass is 16.5. The highest BCUT2D eigenvalue weighted by molar-refractivity contribution is 5.79. The largest absolute Gasteiger partial charge is 0.493 e.